The van der Waals surface area contributed by atoms with Gasteiger partial charge in [0.15, 0.2) is 0 Å². The number of amides is 3. The molecule has 0 unspecified atom stereocenters. The number of hydrogen-bond donors (Lipinski definition) is 2. The normalized spacial score (nSPS) is 33.8. The fourth-order valence-corrected chi connectivity index (χ4v) is 8.01. The zero-order chi connectivity index (χ0) is 27.9. The highest BCUT2D eigenvalue weighted by Crippen LogP contribution is 2.55. The summed E-state index contributed by atoms with van der Waals surface area (Å²) in [7, 11) is 0. The number of benzene rings is 1. The van der Waals surface area contributed by atoms with Crippen molar-refractivity contribution in [2.45, 2.75) is 82.1 Å². The molecule has 4 fully saturated rings. The van der Waals surface area contributed by atoms with E-state index in [2.05, 4.69) is 38.4 Å². The van der Waals surface area contributed by atoms with Gasteiger partial charge in [-0.25, -0.2) is 0 Å². The largest absolute Gasteiger partial charge is 0.359 e. The average Bonchev–Trinajstić information content (AvgIpc) is 3.58. The van der Waals surface area contributed by atoms with Crippen molar-refractivity contribution in [2.24, 2.45) is 17.8 Å². The Balaban J connectivity index is 1.23. The van der Waals surface area contributed by atoms with Gasteiger partial charge in [-0.05, 0) is 75.4 Å². The molecule has 1 spiro atoms. The zero-order valence-corrected chi connectivity index (χ0v) is 24.9. The van der Waals surface area contributed by atoms with Gasteiger partial charge in [-0.3, -0.25) is 14.4 Å². The first-order chi connectivity index (χ1) is 19.4. The highest BCUT2D eigenvalue weighted by atomic mass is 79.9. The predicted molar refractivity (Wildman–Crippen MR) is 156 cm³/mol. The SMILES string of the molecule is C[C@@H]1CCCN(CCCN2C(=O)[C@@H]3[C@@H](C(=O)Nc4ccc(Br)cc4)[C@@H]4C=C[C@@]3(O4)[C@@H]2C(=O)NC2CCCCC2)C1. The Morgan fingerprint density at radius 2 is 1.82 bits per heavy atom. The number of halogens is 1. The first-order valence-corrected chi connectivity index (χ1v) is 15.9. The van der Waals surface area contributed by atoms with Crippen LogP contribution in [-0.4, -0.2) is 77.5 Å². The van der Waals surface area contributed by atoms with Gasteiger partial charge in [-0.15, -0.1) is 0 Å². The van der Waals surface area contributed by atoms with Crippen LogP contribution in [0.2, 0.25) is 0 Å². The van der Waals surface area contributed by atoms with Gasteiger partial charge >= 0.3 is 0 Å². The van der Waals surface area contributed by atoms with E-state index in [0.29, 0.717) is 18.2 Å². The highest BCUT2D eigenvalue weighted by molar-refractivity contribution is 9.10. The molecule has 216 valence electrons. The van der Waals surface area contributed by atoms with E-state index in [0.717, 1.165) is 56.2 Å². The van der Waals surface area contributed by atoms with Crippen LogP contribution < -0.4 is 10.6 Å². The molecule has 0 radical (unpaired) electrons. The topological polar surface area (TPSA) is 91.0 Å². The van der Waals surface area contributed by atoms with Crippen molar-refractivity contribution < 1.29 is 19.1 Å². The van der Waals surface area contributed by atoms with Crippen LogP contribution >= 0.6 is 15.9 Å². The van der Waals surface area contributed by atoms with Crippen LogP contribution in [0.4, 0.5) is 5.69 Å². The fourth-order valence-electron chi connectivity index (χ4n) is 7.75. The number of carbonyl (C=O) groups is 3. The Hall–Kier alpha value is -2.23. The molecule has 2 bridgehead atoms. The molecule has 5 aliphatic rings. The summed E-state index contributed by atoms with van der Waals surface area (Å²) in [6.45, 7) is 5.84. The number of piperidine rings is 1. The van der Waals surface area contributed by atoms with Crippen LogP contribution in [0.5, 0.6) is 0 Å². The molecular formula is C31H41BrN4O4. The van der Waals surface area contributed by atoms with E-state index >= 15 is 0 Å². The minimum Gasteiger partial charge on any atom is -0.359 e. The van der Waals surface area contributed by atoms with Crippen molar-refractivity contribution in [1.29, 1.82) is 0 Å². The van der Waals surface area contributed by atoms with Gasteiger partial charge < -0.3 is 25.2 Å². The van der Waals surface area contributed by atoms with Crippen molar-refractivity contribution in [3.63, 3.8) is 0 Å². The average molecular weight is 614 g/mol. The molecule has 0 aromatic heterocycles. The first kappa shape index (κ1) is 27.9. The molecule has 1 saturated carbocycles. The molecule has 1 aliphatic carbocycles. The molecule has 1 aromatic carbocycles. The van der Waals surface area contributed by atoms with Gasteiger partial charge in [-0.1, -0.05) is 54.3 Å². The highest BCUT2D eigenvalue weighted by Gasteiger charge is 2.72. The van der Waals surface area contributed by atoms with Crippen molar-refractivity contribution in [2.75, 3.05) is 31.5 Å². The molecule has 3 amide bonds. The number of fused-ring (bicyclic) bond motifs is 1. The minimum atomic E-state index is -1.11. The second-order valence-electron chi connectivity index (χ2n) is 12.5. The standard InChI is InChI=1S/C31H41BrN4O4/c1-20-7-5-16-35(19-20)17-6-18-36-27(29(38)34-22-8-3-2-4-9-22)31-15-14-24(40-31)25(26(31)30(36)39)28(37)33-23-12-10-21(32)11-13-23/h10-15,20,22,24-27H,2-9,16-19H2,1H3,(H,33,37)(H,34,38)/t20-,24+,25+,26+,27+,31+/m1/s1. The molecular weight excluding hydrogens is 572 g/mol. The lowest BCUT2D eigenvalue weighted by molar-refractivity contribution is -0.141. The monoisotopic (exact) mass is 612 g/mol. The number of rotatable bonds is 8. The molecule has 6 atom stereocenters. The molecule has 9 heteroatoms. The Labute approximate surface area is 245 Å². The summed E-state index contributed by atoms with van der Waals surface area (Å²) in [6, 6.07) is 6.75. The van der Waals surface area contributed by atoms with Gasteiger partial charge in [0.25, 0.3) is 0 Å². The molecule has 1 aromatic rings. The summed E-state index contributed by atoms with van der Waals surface area (Å²) in [5, 5.41) is 6.26. The number of nitrogens with one attached hydrogen (secondary N) is 2. The van der Waals surface area contributed by atoms with Crippen LogP contribution in [0.15, 0.2) is 40.9 Å². The Morgan fingerprint density at radius 1 is 1.05 bits per heavy atom. The Morgan fingerprint density at radius 3 is 2.58 bits per heavy atom. The van der Waals surface area contributed by atoms with Gasteiger partial charge in [0.2, 0.25) is 17.7 Å². The van der Waals surface area contributed by atoms with Gasteiger partial charge in [0.1, 0.15) is 11.6 Å². The van der Waals surface area contributed by atoms with Crippen LogP contribution in [-0.2, 0) is 19.1 Å². The molecule has 8 nitrogen and oxygen atoms in total. The number of hydrogen-bond acceptors (Lipinski definition) is 5. The molecule has 3 saturated heterocycles. The molecule has 4 aliphatic heterocycles. The lowest BCUT2D eigenvalue weighted by Crippen LogP contribution is -2.56. The maximum absolute atomic E-state index is 14.2. The van der Waals surface area contributed by atoms with Gasteiger partial charge in [0, 0.05) is 29.3 Å². The van der Waals surface area contributed by atoms with Crippen molar-refractivity contribution in [3.8, 4) is 0 Å². The summed E-state index contributed by atoms with van der Waals surface area (Å²) in [5.41, 5.74) is -0.444. The van der Waals surface area contributed by atoms with Gasteiger partial charge in [0.05, 0.1) is 17.9 Å². The minimum absolute atomic E-state index is 0.127. The fraction of sp³-hybridized carbons (Fsp3) is 0.645. The lowest BCUT2D eigenvalue weighted by Gasteiger charge is -2.35. The second kappa shape index (κ2) is 11.6. The second-order valence-corrected chi connectivity index (χ2v) is 13.4. The Bertz CT molecular complexity index is 1150. The Kier molecular flexibility index (Phi) is 8.07. The lowest BCUT2D eigenvalue weighted by atomic mass is 9.74. The van der Waals surface area contributed by atoms with Crippen LogP contribution in [0.3, 0.4) is 0 Å². The summed E-state index contributed by atoms with van der Waals surface area (Å²) in [4.78, 5) is 45.9. The third-order valence-corrected chi connectivity index (χ3v) is 10.1. The van der Waals surface area contributed by atoms with Gasteiger partial charge in [-0.2, -0.15) is 0 Å². The third-order valence-electron chi connectivity index (χ3n) is 9.60. The maximum Gasteiger partial charge on any atom is 0.246 e. The van der Waals surface area contributed by atoms with Crippen molar-refractivity contribution >= 4 is 39.3 Å². The maximum atomic E-state index is 14.2. The van der Waals surface area contributed by atoms with E-state index in [9.17, 15) is 14.4 Å². The molecule has 40 heavy (non-hydrogen) atoms. The van der Waals surface area contributed by atoms with E-state index in [1.807, 2.05) is 36.4 Å². The first-order valence-electron chi connectivity index (χ1n) is 15.1. The quantitative estimate of drug-likeness (QED) is 0.431. The molecule has 2 N–H and O–H groups in total. The van der Waals surface area contributed by atoms with Crippen LogP contribution in [0.1, 0.15) is 58.3 Å². The number of carbonyl (C=O) groups excluding carboxylic acids is 3. The summed E-state index contributed by atoms with van der Waals surface area (Å²) < 4.78 is 7.41. The summed E-state index contributed by atoms with van der Waals surface area (Å²) >= 11 is 3.43. The summed E-state index contributed by atoms with van der Waals surface area (Å²) in [5.74, 6) is -1.23. The summed E-state index contributed by atoms with van der Waals surface area (Å²) in [6.07, 6.45) is 11.9. The van der Waals surface area contributed by atoms with Crippen molar-refractivity contribution in [1.82, 2.24) is 15.1 Å². The number of anilines is 1. The number of ether oxygens (including phenoxy) is 1. The molecule has 4 heterocycles. The zero-order valence-electron chi connectivity index (χ0n) is 23.3. The smallest absolute Gasteiger partial charge is 0.246 e. The van der Waals surface area contributed by atoms with E-state index in [1.165, 1.54) is 19.3 Å². The third kappa shape index (κ3) is 5.25. The predicted octanol–water partition coefficient (Wildman–Crippen LogP) is 4.11. The van der Waals surface area contributed by atoms with Crippen LogP contribution in [0, 0.1) is 17.8 Å². The number of nitrogens with zero attached hydrogens (tertiary/aromatic N) is 2. The van der Waals surface area contributed by atoms with E-state index in [-0.39, 0.29) is 23.8 Å². The number of likely N-dealkylation sites (tertiary alicyclic amines) is 2. The molecule has 6 rings (SSSR count). The van der Waals surface area contributed by atoms with Crippen molar-refractivity contribution in [3.05, 3.63) is 40.9 Å². The van der Waals surface area contributed by atoms with E-state index in [4.69, 9.17) is 4.74 Å². The van der Waals surface area contributed by atoms with E-state index in [1.54, 1.807) is 4.90 Å². The van der Waals surface area contributed by atoms with E-state index < -0.39 is 29.6 Å². The van der Waals surface area contributed by atoms with Crippen LogP contribution in [0.25, 0.3) is 0 Å².